The zero-order valence-electron chi connectivity index (χ0n) is 19.4. The summed E-state index contributed by atoms with van der Waals surface area (Å²) in [7, 11) is 0. The fraction of sp³-hybridized carbons (Fsp3) is 0.808. The van der Waals surface area contributed by atoms with Crippen LogP contribution in [-0.2, 0) is 19.1 Å². The van der Waals surface area contributed by atoms with Gasteiger partial charge in [0.05, 0.1) is 0 Å². The van der Waals surface area contributed by atoms with Gasteiger partial charge in [-0.1, -0.05) is 32.8 Å². The van der Waals surface area contributed by atoms with Crippen LogP contribution in [0.4, 0.5) is 0 Å². The fourth-order valence-electron chi connectivity index (χ4n) is 7.69. The Labute approximate surface area is 186 Å². The summed E-state index contributed by atoms with van der Waals surface area (Å²) < 4.78 is 5.22. The van der Waals surface area contributed by atoms with Crippen molar-refractivity contribution in [2.24, 2.45) is 28.6 Å². The molecule has 1 N–H and O–H groups in total. The highest BCUT2D eigenvalue weighted by atomic mass is 16.5. The number of carbonyl (C=O) groups is 3. The number of rotatable bonds is 6. The number of aliphatic hydroxyl groups is 1. The number of fused-ring (bicyclic) bond motifs is 5. The molecule has 3 saturated carbocycles. The van der Waals surface area contributed by atoms with Gasteiger partial charge in [0.25, 0.3) is 0 Å². The lowest BCUT2D eigenvalue weighted by molar-refractivity contribution is -0.170. The van der Waals surface area contributed by atoms with Crippen LogP contribution >= 0.6 is 0 Å². The number of hydrogen-bond donors (Lipinski definition) is 1. The first-order valence-electron chi connectivity index (χ1n) is 12.3. The summed E-state index contributed by atoms with van der Waals surface area (Å²) in [5.74, 6) is 0.874. The van der Waals surface area contributed by atoms with Crippen LogP contribution in [0.15, 0.2) is 11.6 Å². The molecule has 0 aromatic carbocycles. The number of hydrogen-bond acceptors (Lipinski definition) is 5. The normalized spacial score (nSPS) is 41.6. The summed E-state index contributed by atoms with van der Waals surface area (Å²) >= 11 is 0. The quantitative estimate of drug-likeness (QED) is 0.625. The van der Waals surface area contributed by atoms with Crippen molar-refractivity contribution >= 4 is 17.5 Å². The van der Waals surface area contributed by atoms with Gasteiger partial charge in [-0.3, -0.25) is 14.4 Å². The van der Waals surface area contributed by atoms with Gasteiger partial charge in [-0.05, 0) is 80.6 Å². The maximum absolute atomic E-state index is 13.1. The first kappa shape index (κ1) is 22.7. The Balaban J connectivity index is 1.50. The van der Waals surface area contributed by atoms with Crippen LogP contribution in [-0.4, -0.2) is 34.9 Å². The smallest absolute Gasteiger partial charge is 0.306 e. The van der Waals surface area contributed by atoms with Crippen molar-refractivity contribution in [3.63, 3.8) is 0 Å². The number of allylic oxidation sites excluding steroid dienone is 1. The first-order valence-corrected chi connectivity index (χ1v) is 12.3. The molecule has 5 nitrogen and oxygen atoms in total. The van der Waals surface area contributed by atoms with Crippen LogP contribution in [0, 0.1) is 28.6 Å². The van der Waals surface area contributed by atoms with Gasteiger partial charge >= 0.3 is 5.97 Å². The zero-order chi connectivity index (χ0) is 22.4. The van der Waals surface area contributed by atoms with Crippen LogP contribution < -0.4 is 0 Å². The number of unbranched alkanes of at least 4 members (excludes halogenated alkanes) is 1. The molecule has 31 heavy (non-hydrogen) atoms. The molecule has 4 aliphatic rings. The lowest BCUT2D eigenvalue weighted by Crippen LogP contribution is -2.58. The molecule has 6 unspecified atom stereocenters. The van der Waals surface area contributed by atoms with Crippen LogP contribution in [0.1, 0.15) is 91.4 Å². The molecule has 5 heteroatoms. The molecule has 4 rings (SSSR count). The minimum absolute atomic E-state index is 0.0810. The Kier molecular flexibility index (Phi) is 5.95. The molecule has 0 heterocycles. The lowest BCUT2D eigenvalue weighted by atomic mass is 9.46. The monoisotopic (exact) mass is 430 g/mol. The zero-order valence-corrected chi connectivity index (χ0v) is 19.4. The van der Waals surface area contributed by atoms with E-state index in [0.29, 0.717) is 37.0 Å². The second kappa shape index (κ2) is 8.13. The lowest BCUT2D eigenvalue weighted by Gasteiger charge is -2.58. The first-order chi connectivity index (χ1) is 14.7. The van der Waals surface area contributed by atoms with Gasteiger partial charge in [0.1, 0.15) is 5.60 Å². The van der Waals surface area contributed by atoms with Gasteiger partial charge in [0.2, 0.25) is 5.78 Å². The Hall–Kier alpha value is -1.49. The van der Waals surface area contributed by atoms with E-state index >= 15 is 0 Å². The molecule has 0 saturated heterocycles. The predicted octanol–water partition coefficient (Wildman–Crippen LogP) is 4.55. The summed E-state index contributed by atoms with van der Waals surface area (Å²) in [6, 6.07) is 0. The van der Waals surface area contributed by atoms with Crippen molar-refractivity contribution in [2.75, 3.05) is 6.61 Å². The molecule has 0 aliphatic heterocycles. The molecule has 0 aromatic rings. The van der Waals surface area contributed by atoms with Crippen molar-refractivity contribution in [2.45, 2.75) is 97.0 Å². The molecular formula is C26H38O5. The molecular weight excluding hydrogens is 392 g/mol. The Morgan fingerprint density at radius 2 is 1.84 bits per heavy atom. The molecule has 4 aliphatic carbocycles. The van der Waals surface area contributed by atoms with Gasteiger partial charge in [-0.15, -0.1) is 0 Å². The third kappa shape index (κ3) is 3.51. The highest BCUT2D eigenvalue weighted by Gasteiger charge is 2.66. The average molecular weight is 431 g/mol. The molecule has 0 bridgehead atoms. The van der Waals surface area contributed by atoms with E-state index in [-0.39, 0.29) is 29.6 Å². The molecule has 0 aromatic heterocycles. The van der Waals surface area contributed by atoms with Crippen molar-refractivity contribution < 1.29 is 24.2 Å². The van der Waals surface area contributed by atoms with Gasteiger partial charge < -0.3 is 9.84 Å². The third-order valence-electron chi connectivity index (χ3n) is 9.67. The summed E-state index contributed by atoms with van der Waals surface area (Å²) in [5.41, 5.74) is -0.467. The van der Waals surface area contributed by atoms with Gasteiger partial charge in [0.15, 0.2) is 12.4 Å². The van der Waals surface area contributed by atoms with Crippen LogP contribution in [0.3, 0.4) is 0 Å². The van der Waals surface area contributed by atoms with E-state index in [1.54, 1.807) is 0 Å². The van der Waals surface area contributed by atoms with E-state index in [2.05, 4.69) is 13.8 Å². The fourth-order valence-corrected chi connectivity index (χ4v) is 7.69. The summed E-state index contributed by atoms with van der Waals surface area (Å²) in [5, 5.41) is 11.6. The third-order valence-corrected chi connectivity index (χ3v) is 9.67. The van der Waals surface area contributed by atoms with Crippen LogP contribution in [0.5, 0.6) is 0 Å². The maximum Gasteiger partial charge on any atom is 0.306 e. The van der Waals surface area contributed by atoms with Gasteiger partial charge in [0, 0.05) is 18.3 Å². The molecule has 0 amide bonds. The van der Waals surface area contributed by atoms with Crippen molar-refractivity contribution in [1.29, 1.82) is 0 Å². The molecule has 0 spiro atoms. The summed E-state index contributed by atoms with van der Waals surface area (Å²) in [4.78, 5) is 37.0. The van der Waals surface area contributed by atoms with Crippen LogP contribution in [0.2, 0.25) is 0 Å². The Bertz CT molecular complexity index is 800. The second-order valence-corrected chi connectivity index (χ2v) is 11.0. The van der Waals surface area contributed by atoms with Crippen molar-refractivity contribution in [1.82, 2.24) is 0 Å². The van der Waals surface area contributed by atoms with E-state index in [9.17, 15) is 19.5 Å². The van der Waals surface area contributed by atoms with Gasteiger partial charge in [-0.2, -0.15) is 0 Å². The Morgan fingerprint density at radius 1 is 1.10 bits per heavy atom. The SMILES string of the molecule is CCCCC(=O)OCC(=O)C1(O)CCC2C3CCC4=CC(=O)CCC4(C)C3CCC21C. The van der Waals surface area contributed by atoms with E-state index in [1.165, 1.54) is 5.57 Å². The number of ether oxygens (including phenoxy) is 1. The second-order valence-electron chi connectivity index (χ2n) is 11.0. The number of carbonyl (C=O) groups excluding carboxylic acids is 3. The van der Waals surface area contributed by atoms with E-state index in [0.717, 1.165) is 51.4 Å². The highest BCUT2D eigenvalue weighted by Crippen LogP contribution is 2.67. The number of ketones is 2. The molecule has 6 atom stereocenters. The Morgan fingerprint density at radius 3 is 2.58 bits per heavy atom. The number of esters is 1. The van der Waals surface area contributed by atoms with E-state index in [4.69, 9.17) is 4.74 Å². The summed E-state index contributed by atoms with van der Waals surface area (Å²) in [6.07, 6.45) is 10.5. The average Bonchev–Trinajstić information content (AvgIpc) is 3.03. The molecule has 0 radical (unpaired) electrons. The van der Waals surface area contributed by atoms with E-state index < -0.39 is 11.0 Å². The highest BCUT2D eigenvalue weighted by molar-refractivity contribution is 5.92. The summed E-state index contributed by atoms with van der Waals surface area (Å²) in [6.45, 7) is 6.12. The van der Waals surface area contributed by atoms with E-state index in [1.807, 2.05) is 13.0 Å². The maximum atomic E-state index is 13.1. The standard InChI is InChI=1S/C26H38O5/c1-4-5-6-23(29)31-16-22(28)26(30)14-11-21-19-8-7-17-15-18(27)9-12-24(17,2)20(19)10-13-25(21,26)3/h15,19-21,30H,4-14,16H2,1-3H3. The predicted molar refractivity (Wildman–Crippen MR) is 117 cm³/mol. The largest absolute Gasteiger partial charge is 0.458 e. The molecule has 172 valence electrons. The number of Topliss-reactive ketones (excluding diaryl/α,β-unsaturated/α-hetero) is 1. The van der Waals surface area contributed by atoms with Crippen LogP contribution in [0.25, 0.3) is 0 Å². The van der Waals surface area contributed by atoms with Crippen molar-refractivity contribution in [3.05, 3.63) is 11.6 Å². The van der Waals surface area contributed by atoms with Gasteiger partial charge in [-0.25, -0.2) is 0 Å². The van der Waals surface area contributed by atoms with Crippen molar-refractivity contribution in [3.8, 4) is 0 Å². The minimum Gasteiger partial charge on any atom is -0.458 e. The molecule has 3 fully saturated rings. The minimum atomic E-state index is -1.41. The topological polar surface area (TPSA) is 80.7 Å².